The smallest absolute Gasteiger partial charge is 0.432 e. The first-order valence-electron chi connectivity index (χ1n) is 12.1. The highest BCUT2D eigenvalue weighted by Crippen LogP contribution is 2.42. The quantitative estimate of drug-likeness (QED) is 0.296. The molecule has 1 atom stereocenters. The van der Waals surface area contributed by atoms with E-state index >= 15 is 0 Å². The number of pyridine rings is 1. The molecule has 4 rings (SSSR count). The van der Waals surface area contributed by atoms with E-state index in [0.717, 1.165) is 32.5 Å². The Balaban J connectivity index is 2.05. The Kier molecular flexibility index (Phi) is 7.36. The van der Waals surface area contributed by atoms with E-state index < -0.39 is 23.8 Å². The number of fused-ring (bicyclic) bond motifs is 1. The second kappa shape index (κ2) is 10.2. The van der Waals surface area contributed by atoms with Crippen molar-refractivity contribution in [2.24, 2.45) is 0 Å². The summed E-state index contributed by atoms with van der Waals surface area (Å²) >= 11 is 6.22. The van der Waals surface area contributed by atoms with Crippen molar-refractivity contribution in [1.29, 1.82) is 0 Å². The van der Waals surface area contributed by atoms with E-state index in [9.17, 15) is 14.7 Å². The van der Waals surface area contributed by atoms with Crippen molar-refractivity contribution in [1.82, 2.24) is 19.3 Å². The molecular weight excluding hydrogens is 508 g/mol. The van der Waals surface area contributed by atoms with Crippen LogP contribution in [0.1, 0.15) is 55.0 Å². The number of carbonyl (C=O) groups excluding carboxylic acids is 1. The SMILES string of the molecule is COC(=O)[C@@H](OC(C)(C)C)c1c(C)nc2c(c(C)c(C)n2Cc2cnn(C(=O)O)c2)c1-c1ccc(Cl)cc1. The lowest BCUT2D eigenvalue weighted by molar-refractivity contribution is -0.164. The Labute approximate surface area is 226 Å². The molecule has 3 aromatic heterocycles. The lowest BCUT2D eigenvalue weighted by atomic mass is 9.91. The third-order valence-electron chi connectivity index (χ3n) is 6.44. The first-order chi connectivity index (χ1) is 17.8. The second-order valence-corrected chi connectivity index (χ2v) is 10.6. The zero-order valence-electron chi connectivity index (χ0n) is 22.5. The Morgan fingerprint density at radius 3 is 2.34 bits per heavy atom. The third-order valence-corrected chi connectivity index (χ3v) is 6.69. The number of benzene rings is 1. The minimum atomic E-state index is -1.15. The predicted octanol–water partition coefficient (Wildman–Crippen LogP) is 6.08. The maximum Gasteiger partial charge on any atom is 0.432 e. The van der Waals surface area contributed by atoms with Gasteiger partial charge in [-0.15, -0.1) is 0 Å². The van der Waals surface area contributed by atoms with Gasteiger partial charge in [0.2, 0.25) is 0 Å². The van der Waals surface area contributed by atoms with E-state index in [-0.39, 0.29) is 0 Å². The summed E-state index contributed by atoms with van der Waals surface area (Å²) in [6.45, 7) is 11.9. The molecule has 0 aliphatic carbocycles. The highest BCUT2D eigenvalue weighted by Gasteiger charge is 2.34. The zero-order chi connectivity index (χ0) is 27.9. The van der Waals surface area contributed by atoms with Gasteiger partial charge in [-0.25, -0.2) is 14.6 Å². The van der Waals surface area contributed by atoms with Crippen LogP contribution in [0.5, 0.6) is 0 Å². The summed E-state index contributed by atoms with van der Waals surface area (Å²) in [6.07, 6.45) is 0.840. The number of aryl methyl sites for hydroxylation is 2. The van der Waals surface area contributed by atoms with Crippen LogP contribution in [0.25, 0.3) is 22.2 Å². The molecule has 0 amide bonds. The van der Waals surface area contributed by atoms with Crippen LogP contribution < -0.4 is 0 Å². The predicted molar refractivity (Wildman–Crippen MR) is 145 cm³/mol. The molecule has 10 heteroatoms. The van der Waals surface area contributed by atoms with Crippen molar-refractivity contribution in [3.63, 3.8) is 0 Å². The van der Waals surface area contributed by atoms with Crippen molar-refractivity contribution in [3.8, 4) is 11.1 Å². The normalized spacial score (nSPS) is 12.6. The molecule has 9 nitrogen and oxygen atoms in total. The Hall–Kier alpha value is -3.69. The van der Waals surface area contributed by atoms with Crippen LogP contribution in [0, 0.1) is 20.8 Å². The molecule has 200 valence electrons. The summed E-state index contributed by atoms with van der Waals surface area (Å²) in [5.74, 6) is -0.519. The number of carbonyl (C=O) groups is 2. The van der Waals surface area contributed by atoms with Crippen molar-refractivity contribution >= 4 is 34.7 Å². The first kappa shape index (κ1) is 27.3. The van der Waals surface area contributed by atoms with Crippen LogP contribution in [0.4, 0.5) is 4.79 Å². The minimum absolute atomic E-state index is 0.369. The number of nitrogens with zero attached hydrogens (tertiary/aromatic N) is 4. The molecule has 4 aromatic rings. The average Bonchev–Trinajstić information content (AvgIpc) is 3.41. The van der Waals surface area contributed by atoms with Crippen LogP contribution >= 0.6 is 11.6 Å². The van der Waals surface area contributed by atoms with Gasteiger partial charge in [-0.2, -0.15) is 9.78 Å². The van der Waals surface area contributed by atoms with Crippen molar-refractivity contribution in [2.75, 3.05) is 7.11 Å². The van der Waals surface area contributed by atoms with Crippen LogP contribution in [-0.4, -0.2) is 49.2 Å². The van der Waals surface area contributed by atoms with E-state index in [0.29, 0.717) is 34.0 Å². The number of esters is 1. The molecule has 0 aliphatic rings. The summed E-state index contributed by atoms with van der Waals surface area (Å²) in [7, 11) is 1.34. The number of halogens is 1. The van der Waals surface area contributed by atoms with Crippen LogP contribution in [-0.2, 0) is 20.8 Å². The number of hydrogen-bond donors (Lipinski definition) is 1. The molecule has 0 radical (unpaired) electrons. The summed E-state index contributed by atoms with van der Waals surface area (Å²) in [4.78, 5) is 29.4. The Bertz CT molecular complexity index is 1530. The van der Waals surface area contributed by atoms with E-state index in [1.165, 1.54) is 19.5 Å². The maximum absolute atomic E-state index is 13.1. The Morgan fingerprint density at radius 1 is 1.13 bits per heavy atom. The minimum Gasteiger partial charge on any atom is -0.467 e. The number of methoxy groups -OCH3 is 1. The van der Waals surface area contributed by atoms with Crippen molar-refractivity contribution < 1.29 is 24.2 Å². The van der Waals surface area contributed by atoms with Crippen LogP contribution in [0.15, 0.2) is 36.7 Å². The summed E-state index contributed by atoms with van der Waals surface area (Å²) in [5.41, 5.74) is 5.61. The second-order valence-electron chi connectivity index (χ2n) is 10.2. The average molecular weight is 539 g/mol. The van der Waals surface area contributed by atoms with Gasteiger partial charge in [0.1, 0.15) is 5.65 Å². The van der Waals surface area contributed by atoms with Gasteiger partial charge < -0.3 is 19.1 Å². The molecule has 0 aliphatic heterocycles. The van der Waals surface area contributed by atoms with Gasteiger partial charge in [0.15, 0.2) is 6.10 Å². The summed E-state index contributed by atoms with van der Waals surface area (Å²) < 4.78 is 14.4. The fourth-order valence-electron chi connectivity index (χ4n) is 4.64. The number of hydrogen-bond acceptors (Lipinski definition) is 6. The summed E-state index contributed by atoms with van der Waals surface area (Å²) in [5, 5.41) is 14.6. The van der Waals surface area contributed by atoms with Crippen molar-refractivity contribution in [3.05, 3.63) is 69.8 Å². The molecule has 0 fully saturated rings. The molecule has 0 unspecified atom stereocenters. The van der Waals surface area contributed by atoms with Gasteiger partial charge in [-0.1, -0.05) is 23.7 Å². The largest absolute Gasteiger partial charge is 0.467 e. The van der Waals surface area contributed by atoms with Gasteiger partial charge in [-0.05, 0) is 64.8 Å². The molecule has 3 heterocycles. The number of carboxylic acid groups (broad SMARTS) is 1. The standard InChI is InChI=1S/C28H31ClN4O5/c1-15-17(3)32(13-18-12-30-33(14-18)27(35)36)25-21(15)23(19-8-10-20(29)11-9-19)22(16(2)31-25)24(26(34)37-7)38-28(4,5)6/h8-12,14,24H,13H2,1-7H3,(H,35,36)/t24-/m0/s1. The topological polar surface area (TPSA) is 108 Å². The monoisotopic (exact) mass is 538 g/mol. The van der Waals surface area contributed by atoms with Crippen LogP contribution in [0.2, 0.25) is 5.02 Å². The number of aromatic nitrogens is 4. The first-order valence-corrected chi connectivity index (χ1v) is 12.5. The third kappa shape index (κ3) is 5.16. The van der Waals surface area contributed by atoms with Gasteiger partial charge >= 0.3 is 12.1 Å². The molecule has 1 N–H and O–H groups in total. The molecule has 0 saturated heterocycles. The van der Waals surface area contributed by atoms with E-state index in [2.05, 4.69) is 5.10 Å². The maximum atomic E-state index is 13.1. The van der Waals surface area contributed by atoms with E-state index in [4.69, 9.17) is 26.1 Å². The van der Waals surface area contributed by atoms with Gasteiger partial charge in [0, 0.05) is 44.7 Å². The van der Waals surface area contributed by atoms with Gasteiger partial charge in [0.25, 0.3) is 0 Å². The molecule has 0 bridgehead atoms. The fraction of sp³-hybridized carbons (Fsp3) is 0.357. The van der Waals surface area contributed by atoms with Crippen LogP contribution in [0.3, 0.4) is 0 Å². The van der Waals surface area contributed by atoms with Gasteiger partial charge in [0.05, 0.1) is 25.5 Å². The zero-order valence-corrected chi connectivity index (χ0v) is 23.3. The van der Waals surface area contributed by atoms with E-state index in [1.807, 2.05) is 58.2 Å². The highest BCUT2D eigenvalue weighted by molar-refractivity contribution is 6.30. The fourth-order valence-corrected chi connectivity index (χ4v) is 4.77. The number of ether oxygens (including phenoxy) is 2. The van der Waals surface area contributed by atoms with E-state index in [1.54, 1.807) is 12.1 Å². The van der Waals surface area contributed by atoms with Crippen molar-refractivity contribution in [2.45, 2.75) is 59.8 Å². The Morgan fingerprint density at radius 2 is 1.79 bits per heavy atom. The summed E-state index contributed by atoms with van der Waals surface area (Å²) in [6, 6.07) is 7.43. The lowest BCUT2D eigenvalue weighted by Gasteiger charge is -2.28. The molecule has 38 heavy (non-hydrogen) atoms. The lowest BCUT2D eigenvalue weighted by Crippen LogP contribution is -2.29. The molecule has 1 aromatic carbocycles. The molecular formula is C28H31ClN4O5. The number of rotatable bonds is 6. The highest BCUT2D eigenvalue weighted by atomic mass is 35.5. The van der Waals surface area contributed by atoms with Gasteiger partial charge in [-0.3, -0.25) is 0 Å². The molecule has 0 saturated carbocycles. The molecule has 0 spiro atoms.